The first-order chi connectivity index (χ1) is 8.95. The predicted molar refractivity (Wildman–Crippen MR) is 69.2 cm³/mol. The van der Waals surface area contributed by atoms with Crippen LogP contribution in [0.25, 0.3) is 0 Å². The third-order valence-corrected chi connectivity index (χ3v) is 3.65. The summed E-state index contributed by atoms with van der Waals surface area (Å²) < 4.78 is 24.8. The summed E-state index contributed by atoms with van der Waals surface area (Å²) in [6.07, 6.45) is 0.537. The zero-order chi connectivity index (χ0) is 14.4. The molecule has 1 amide bonds. The Morgan fingerprint density at radius 1 is 1.37 bits per heavy atom. The van der Waals surface area contributed by atoms with Crippen LogP contribution in [-0.2, 0) is 4.79 Å². The van der Waals surface area contributed by atoms with Gasteiger partial charge < -0.3 is 10.0 Å². The SMILES string of the molecule is CC1CCCC(C)N1C(=O)CN(CCO)CC(F)F. The van der Waals surface area contributed by atoms with E-state index in [1.165, 1.54) is 4.90 Å². The van der Waals surface area contributed by atoms with Crippen molar-refractivity contribution < 1.29 is 18.7 Å². The lowest BCUT2D eigenvalue weighted by molar-refractivity contribution is -0.139. The van der Waals surface area contributed by atoms with Crippen molar-refractivity contribution in [1.82, 2.24) is 9.80 Å². The number of carbonyl (C=O) groups is 1. The van der Waals surface area contributed by atoms with Crippen molar-refractivity contribution in [2.24, 2.45) is 0 Å². The molecule has 6 heteroatoms. The zero-order valence-corrected chi connectivity index (χ0v) is 11.7. The van der Waals surface area contributed by atoms with Gasteiger partial charge in [-0.1, -0.05) is 0 Å². The van der Waals surface area contributed by atoms with Crippen LogP contribution >= 0.6 is 0 Å². The van der Waals surface area contributed by atoms with Crippen LogP contribution in [0.5, 0.6) is 0 Å². The second kappa shape index (κ2) is 7.75. The number of aliphatic hydroxyl groups is 1. The van der Waals surface area contributed by atoms with Crippen molar-refractivity contribution in [3.8, 4) is 0 Å². The third kappa shape index (κ3) is 5.03. The van der Waals surface area contributed by atoms with Crippen molar-refractivity contribution in [2.45, 2.75) is 51.6 Å². The Labute approximate surface area is 113 Å². The van der Waals surface area contributed by atoms with Crippen molar-refractivity contribution in [3.63, 3.8) is 0 Å². The first-order valence-corrected chi connectivity index (χ1v) is 6.88. The van der Waals surface area contributed by atoms with Crippen LogP contribution < -0.4 is 0 Å². The average Bonchev–Trinajstić information content (AvgIpc) is 2.27. The maximum Gasteiger partial charge on any atom is 0.251 e. The molecule has 1 rings (SSSR count). The Balaban J connectivity index is 2.59. The highest BCUT2D eigenvalue weighted by atomic mass is 19.3. The molecule has 1 aliphatic heterocycles. The fraction of sp³-hybridized carbons (Fsp3) is 0.923. The molecule has 0 aliphatic carbocycles. The number of halogens is 2. The van der Waals surface area contributed by atoms with Gasteiger partial charge in [0, 0.05) is 18.6 Å². The minimum absolute atomic E-state index is 0.0421. The number of alkyl halides is 2. The van der Waals surface area contributed by atoms with E-state index in [4.69, 9.17) is 5.11 Å². The Morgan fingerprint density at radius 3 is 2.42 bits per heavy atom. The highest BCUT2D eigenvalue weighted by Gasteiger charge is 2.30. The first-order valence-electron chi connectivity index (χ1n) is 6.88. The summed E-state index contributed by atoms with van der Waals surface area (Å²) in [6, 6.07) is 0.331. The number of carbonyl (C=O) groups excluding carboxylic acids is 1. The van der Waals surface area contributed by atoms with Gasteiger partial charge in [0.05, 0.1) is 19.7 Å². The van der Waals surface area contributed by atoms with Crippen LogP contribution in [0.2, 0.25) is 0 Å². The molecule has 0 bridgehead atoms. The predicted octanol–water partition coefficient (Wildman–Crippen LogP) is 1.34. The van der Waals surface area contributed by atoms with E-state index in [0.717, 1.165) is 19.3 Å². The molecule has 1 N–H and O–H groups in total. The van der Waals surface area contributed by atoms with E-state index in [2.05, 4.69) is 0 Å². The fourth-order valence-electron chi connectivity index (χ4n) is 2.76. The second-order valence-corrected chi connectivity index (χ2v) is 5.28. The van der Waals surface area contributed by atoms with Crippen molar-refractivity contribution in [2.75, 3.05) is 26.2 Å². The molecule has 2 unspecified atom stereocenters. The van der Waals surface area contributed by atoms with Gasteiger partial charge in [-0.2, -0.15) is 0 Å². The van der Waals surface area contributed by atoms with Gasteiger partial charge in [-0.05, 0) is 33.1 Å². The minimum Gasteiger partial charge on any atom is -0.395 e. The molecule has 0 aromatic heterocycles. The molecule has 4 nitrogen and oxygen atoms in total. The van der Waals surface area contributed by atoms with E-state index < -0.39 is 13.0 Å². The highest BCUT2D eigenvalue weighted by Crippen LogP contribution is 2.22. The maximum atomic E-state index is 12.4. The standard InChI is InChI=1S/C13H24F2N2O2/c1-10-4-3-5-11(2)17(10)13(19)9-16(6-7-18)8-12(14)15/h10-12,18H,3-9H2,1-2H3. The molecular weight excluding hydrogens is 254 g/mol. The maximum absolute atomic E-state index is 12.4. The third-order valence-electron chi connectivity index (χ3n) is 3.65. The quantitative estimate of drug-likeness (QED) is 0.797. The van der Waals surface area contributed by atoms with Gasteiger partial charge in [0.2, 0.25) is 5.91 Å². The minimum atomic E-state index is -2.49. The number of nitrogens with zero attached hydrogens (tertiary/aromatic N) is 2. The molecule has 19 heavy (non-hydrogen) atoms. The number of rotatable bonds is 6. The Hall–Kier alpha value is -0.750. The van der Waals surface area contributed by atoms with Crippen molar-refractivity contribution in [1.29, 1.82) is 0 Å². The summed E-state index contributed by atoms with van der Waals surface area (Å²) in [4.78, 5) is 15.4. The van der Waals surface area contributed by atoms with Crippen molar-refractivity contribution >= 4 is 5.91 Å². The van der Waals surface area contributed by atoms with Crippen LogP contribution in [0.3, 0.4) is 0 Å². The molecule has 2 atom stereocenters. The molecule has 1 fully saturated rings. The monoisotopic (exact) mass is 278 g/mol. The number of amides is 1. The van der Waals surface area contributed by atoms with Crippen LogP contribution in [0.1, 0.15) is 33.1 Å². The largest absolute Gasteiger partial charge is 0.395 e. The lowest BCUT2D eigenvalue weighted by Crippen LogP contribution is -2.51. The highest BCUT2D eigenvalue weighted by molar-refractivity contribution is 5.79. The zero-order valence-electron chi connectivity index (χ0n) is 11.7. The summed E-state index contributed by atoms with van der Waals surface area (Å²) in [5, 5.41) is 8.87. The molecule has 0 aromatic carbocycles. The van der Waals surface area contributed by atoms with Gasteiger partial charge in [0.15, 0.2) is 0 Å². The van der Waals surface area contributed by atoms with Gasteiger partial charge in [0.25, 0.3) is 6.43 Å². The number of hydrogen-bond acceptors (Lipinski definition) is 3. The molecule has 1 aliphatic rings. The molecule has 0 saturated carbocycles. The summed E-state index contributed by atoms with van der Waals surface area (Å²) in [5.41, 5.74) is 0. The normalized spacial score (nSPS) is 24.3. The van der Waals surface area contributed by atoms with E-state index in [9.17, 15) is 13.6 Å². The average molecular weight is 278 g/mol. The molecule has 0 spiro atoms. The van der Waals surface area contributed by atoms with Crippen molar-refractivity contribution in [3.05, 3.63) is 0 Å². The van der Waals surface area contributed by atoms with Crippen LogP contribution in [0, 0.1) is 0 Å². The van der Waals surface area contributed by atoms with Crippen LogP contribution in [0.15, 0.2) is 0 Å². The van der Waals surface area contributed by atoms with Gasteiger partial charge in [-0.3, -0.25) is 9.69 Å². The molecule has 0 radical (unpaired) electrons. The summed E-state index contributed by atoms with van der Waals surface area (Å²) in [5.74, 6) is -0.117. The Kier molecular flexibility index (Phi) is 6.65. The summed E-state index contributed by atoms with van der Waals surface area (Å²) >= 11 is 0. The molecule has 112 valence electrons. The molecule has 1 saturated heterocycles. The van der Waals surface area contributed by atoms with E-state index >= 15 is 0 Å². The number of likely N-dealkylation sites (tertiary alicyclic amines) is 1. The van der Waals surface area contributed by atoms with Crippen LogP contribution in [-0.4, -0.2) is 65.6 Å². The van der Waals surface area contributed by atoms with Gasteiger partial charge >= 0.3 is 0 Å². The van der Waals surface area contributed by atoms with Gasteiger partial charge in [0.1, 0.15) is 0 Å². The Bertz CT molecular complexity index is 280. The van der Waals surface area contributed by atoms with E-state index in [0.29, 0.717) is 0 Å². The summed E-state index contributed by atoms with van der Waals surface area (Å²) in [7, 11) is 0. The second-order valence-electron chi connectivity index (χ2n) is 5.28. The Morgan fingerprint density at radius 2 is 1.95 bits per heavy atom. The lowest BCUT2D eigenvalue weighted by Gasteiger charge is -2.40. The lowest BCUT2D eigenvalue weighted by atomic mass is 9.97. The number of aliphatic hydroxyl groups excluding tert-OH is 1. The van der Waals surface area contributed by atoms with E-state index in [1.807, 2.05) is 13.8 Å². The summed E-state index contributed by atoms with van der Waals surface area (Å²) in [6.45, 7) is 3.37. The molecular formula is C13H24F2N2O2. The van der Waals surface area contributed by atoms with Gasteiger partial charge in [-0.25, -0.2) is 8.78 Å². The van der Waals surface area contributed by atoms with Gasteiger partial charge in [-0.15, -0.1) is 0 Å². The van der Waals surface area contributed by atoms with E-state index in [-0.39, 0.29) is 37.7 Å². The fourth-order valence-corrected chi connectivity index (χ4v) is 2.76. The first kappa shape index (κ1) is 16.3. The molecule has 0 aromatic rings. The van der Waals surface area contributed by atoms with Crippen LogP contribution in [0.4, 0.5) is 8.78 Å². The number of piperidine rings is 1. The number of hydrogen-bond donors (Lipinski definition) is 1. The van der Waals surface area contributed by atoms with E-state index in [1.54, 1.807) is 4.90 Å². The smallest absolute Gasteiger partial charge is 0.251 e. The topological polar surface area (TPSA) is 43.8 Å². The molecule has 1 heterocycles.